The van der Waals surface area contributed by atoms with Crippen molar-refractivity contribution >= 4 is 23.7 Å². The summed E-state index contributed by atoms with van der Waals surface area (Å²) in [6, 6.07) is -0.349. The highest BCUT2D eigenvalue weighted by Crippen LogP contribution is 2.50. The van der Waals surface area contributed by atoms with Crippen LogP contribution in [0.1, 0.15) is 90.9 Å². The molecule has 0 aromatic heterocycles. The van der Waals surface area contributed by atoms with E-state index >= 15 is 0 Å². The Balaban J connectivity index is 1.49. The quantitative estimate of drug-likeness (QED) is 0.183. The highest BCUT2D eigenvalue weighted by atomic mass is 35.5. The molecule has 2 saturated heterocycles. The number of nitrogens with one attached hydrogen (secondary N) is 2. The number of carbonyl (C=O) groups is 1. The average Bonchev–Trinajstić information content (AvgIpc) is 3.28. The Labute approximate surface area is 241 Å². The number of carbonyl (C=O) groups excluding carboxylic acids is 1. The molecule has 1 aliphatic carbocycles. The Hall–Kier alpha value is -0.770. The highest BCUT2D eigenvalue weighted by molar-refractivity contribution is 6.28. The normalized spacial score (nSPS) is 37.9. The van der Waals surface area contributed by atoms with Crippen LogP contribution < -0.4 is 22.1 Å². The molecule has 3 fully saturated rings. The van der Waals surface area contributed by atoms with E-state index in [-0.39, 0.29) is 41.0 Å². The minimum atomic E-state index is -0.789. The molecule has 1 spiro atoms. The number of ether oxygens (including phenoxy) is 1. The molecule has 8 unspecified atom stereocenters. The number of alkyl halides is 1. The van der Waals surface area contributed by atoms with Gasteiger partial charge in [0.25, 0.3) is 0 Å². The van der Waals surface area contributed by atoms with E-state index in [1.807, 2.05) is 6.21 Å². The van der Waals surface area contributed by atoms with Crippen molar-refractivity contribution in [3.8, 4) is 0 Å². The predicted octanol–water partition coefficient (Wildman–Crippen LogP) is 3.40. The van der Waals surface area contributed by atoms with Crippen molar-refractivity contribution in [1.29, 1.82) is 0 Å². The average molecular weight is 567 g/mol. The largest absolute Gasteiger partial charge is 0.371 e. The number of rotatable bonds is 10. The summed E-state index contributed by atoms with van der Waals surface area (Å²) in [6.45, 7) is 9.36. The maximum atomic E-state index is 14.0. The summed E-state index contributed by atoms with van der Waals surface area (Å²) in [5.41, 5.74) is 12.9. The van der Waals surface area contributed by atoms with E-state index in [2.05, 4.69) is 29.4 Å². The number of likely N-dealkylation sites (tertiary alicyclic amines) is 1. The summed E-state index contributed by atoms with van der Waals surface area (Å²) in [5, 5.41) is 6.74. The Morgan fingerprint density at radius 1 is 1.23 bits per heavy atom. The van der Waals surface area contributed by atoms with Crippen LogP contribution in [-0.4, -0.2) is 85.6 Å². The second kappa shape index (κ2) is 14.9. The smallest absolute Gasteiger partial charge is 0.228 e. The Kier molecular flexibility index (Phi) is 11.9. The molecule has 4 rings (SSSR count). The van der Waals surface area contributed by atoms with Crippen molar-refractivity contribution in [2.45, 2.75) is 127 Å². The molecule has 9 heteroatoms. The molecule has 8 nitrogen and oxygen atoms in total. The number of aliphatic imine (C=N–C) groups is 1. The van der Waals surface area contributed by atoms with Gasteiger partial charge in [0.15, 0.2) is 0 Å². The van der Waals surface area contributed by atoms with Crippen LogP contribution >= 0.6 is 11.6 Å². The number of hydrogen-bond donors (Lipinski definition) is 4. The summed E-state index contributed by atoms with van der Waals surface area (Å²) in [6.07, 6.45) is 14.4. The Morgan fingerprint density at radius 3 is 2.74 bits per heavy atom. The monoisotopic (exact) mass is 566 g/mol. The fourth-order valence-corrected chi connectivity index (χ4v) is 7.78. The van der Waals surface area contributed by atoms with Gasteiger partial charge in [-0.1, -0.05) is 33.1 Å². The van der Waals surface area contributed by atoms with Gasteiger partial charge in [0.05, 0.1) is 41.8 Å². The summed E-state index contributed by atoms with van der Waals surface area (Å²) in [4.78, 5) is 21.4. The molecular formula is C30H55ClN6O2. The van der Waals surface area contributed by atoms with Crippen molar-refractivity contribution in [3.05, 3.63) is 0 Å². The van der Waals surface area contributed by atoms with Gasteiger partial charge < -0.3 is 31.7 Å². The molecule has 1 saturated carbocycles. The van der Waals surface area contributed by atoms with Gasteiger partial charge in [0.2, 0.25) is 5.91 Å². The number of piperidine rings is 2. The van der Waals surface area contributed by atoms with Crippen molar-refractivity contribution < 1.29 is 9.53 Å². The molecule has 1 amide bonds. The predicted molar refractivity (Wildman–Crippen MR) is 160 cm³/mol. The van der Waals surface area contributed by atoms with E-state index in [0.717, 1.165) is 77.7 Å². The minimum absolute atomic E-state index is 0.00833. The molecule has 0 aromatic carbocycles. The first-order chi connectivity index (χ1) is 18.8. The molecule has 8 atom stereocenters. The van der Waals surface area contributed by atoms with Crippen LogP contribution in [0.15, 0.2) is 4.99 Å². The number of hydrogen-bond acceptors (Lipinski definition) is 7. The van der Waals surface area contributed by atoms with Crippen LogP contribution in [0.3, 0.4) is 0 Å². The first-order valence-electron chi connectivity index (χ1n) is 15.9. The van der Waals surface area contributed by atoms with E-state index < -0.39 is 12.1 Å². The molecule has 0 aromatic rings. The number of halogens is 1. The van der Waals surface area contributed by atoms with E-state index in [1.165, 1.54) is 32.1 Å². The summed E-state index contributed by atoms with van der Waals surface area (Å²) < 4.78 is 6.63. The Morgan fingerprint density at radius 2 is 2.05 bits per heavy atom. The van der Waals surface area contributed by atoms with Crippen molar-refractivity contribution in [2.75, 3.05) is 32.7 Å². The lowest BCUT2D eigenvalue weighted by atomic mass is 9.72. The van der Waals surface area contributed by atoms with E-state index in [4.69, 9.17) is 32.8 Å². The zero-order chi connectivity index (χ0) is 27.8. The van der Waals surface area contributed by atoms with Crippen LogP contribution in [0, 0.1) is 17.3 Å². The molecule has 4 aliphatic rings. The summed E-state index contributed by atoms with van der Waals surface area (Å²) in [7, 11) is 0. The van der Waals surface area contributed by atoms with Crippen LogP contribution in [0.5, 0.6) is 0 Å². The van der Waals surface area contributed by atoms with Crippen molar-refractivity contribution in [3.63, 3.8) is 0 Å². The second-order valence-electron chi connectivity index (χ2n) is 13.1. The maximum Gasteiger partial charge on any atom is 0.228 e. The molecule has 224 valence electrons. The van der Waals surface area contributed by atoms with Crippen LogP contribution in [0.25, 0.3) is 0 Å². The molecule has 3 aliphatic heterocycles. The SMILES string of the molecule is CCCCCN1CCC(OC2CCCNC2)C(NC(=O)C(C(N)N)C2CC3(CCC(Cl)/C=N\2)CCC(C)C3)C1. The molecule has 0 radical (unpaired) electrons. The lowest BCUT2D eigenvalue weighted by molar-refractivity contribution is -0.131. The lowest BCUT2D eigenvalue weighted by Crippen LogP contribution is -2.61. The molecule has 0 bridgehead atoms. The molecule has 6 N–H and O–H groups in total. The van der Waals surface area contributed by atoms with Gasteiger partial charge in [0, 0.05) is 25.8 Å². The number of nitrogens with two attached hydrogens (primary N) is 2. The van der Waals surface area contributed by atoms with Gasteiger partial charge in [-0.15, -0.1) is 11.6 Å². The molecule has 3 heterocycles. The van der Waals surface area contributed by atoms with E-state index in [1.54, 1.807) is 0 Å². The van der Waals surface area contributed by atoms with Crippen molar-refractivity contribution in [1.82, 2.24) is 15.5 Å². The zero-order valence-electron chi connectivity index (χ0n) is 24.5. The van der Waals surface area contributed by atoms with E-state index in [0.29, 0.717) is 5.92 Å². The van der Waals surface area contributed by atoms with Gasteiger partial charge in [-0.05, 0) is 82.2 Å². The fraction of sp³-hybridized carbons (Fsp3) is 0.933. The molecular weight excluding hydrogens is 512 g/mol. The van der Waals surface area contributed by atoms with Crippen LogP contribution in [0.2, 0.25) is 0 Å². The van der Waals surface area contributed by atoms with Gasteiger partial charge in [-0.3, -0.25) is 9.79 Å². The first-order valence-corrected chi connectivity index (χ1v) is 16.3. The van der Waals surface area contributed by atoms with E-state index in [9.17, 15) is 4.79 Å². The van der Waals surface area contributed by atoms with Gasteiger partial charge in [0.1, 0.15) is 0 Å². The topological polar surface area (TPSA) is 118 Å². The molecule has 39 heavy (non-hydrogen) atoms. The summed E-state index contributed by atoms with van der Waals surface area (Å²) in [5.74, 6) is 0.00838. The number of unbranched alkanes of at least 4 members (excludes halogenated alkanes) is 2. The van der Waals surface area contributed by atoms with Gasteiger partial charge in [-0.2, -0.15) is 0 Å². The maximum absolute atomic E-state index is 14.0. The first kappa shape index (κ1) is 31.2. The fourth-order valence-electron chi connectivity index (χ4n) is 7.61. The summed E-state index contributed by atoms with van der Waals surface area (Å²) >= 11 is 6.62. The zero-order valence-corrected chi connectivity index (χ0v) is 25.2. The van der Waals surface area contributed by atoms with Crippen LogP contribution in [0.4, 0.5) is 0 Å². The van der Waals surface area contributed by atoms with Gasteiger partial charge in [-0.25, -0.2) is 0 Å². The standard InChI is InChI=1S/C30H55ClN6O2/c1-3-4-5-14-37-15-10-26(39-23-7-6-13-34-19-23)25(20-37)36-29(38)27(28(32)33)24-17-30(11-8-21(2)16-30)12-9-22(31)18-35-24/h18,21-28,34H,3-17,19-20,32-33H2,1-2H3,(H,36,38)/b35-18-. The second-order valence-corrected chi connectivity index (χ2v) is 13.7. The highest BCUT2D eigenvalue weighted by Gasteiger charge is 2.44. The third-order valence-electron chi connectivity index (χ3n) is 9.77. The minimum Gasteiger partial charge on any atom is -0.371 e. The third kappa shape index (κ3) is 8.86. The Bertz CT molecular complexity index is 793. The van der Waals surface area contributed by atoms with Crippen LogP contribution in [-0.2, 0) is 9.53 Å². The lowest BCUT2D eigenvalue weighted by Gasteiger charge is -2.42. The van der Waals surface area contributed by atoms with Crippen molar-refractivity contribution in [2.24, 2.45) is 33.7 Å². The number of amides is 1. The third-order valence-corrected chi connectivity index (χ3v) is 10.1. The van der Waals surface area contributed by atoms with Gasteiger partial charge >= 0.3 is 0 Å². The number of nitrogens with zero attached hydrogens (tertiary/aromatic N) is 2.